The van der Waals surface area contributed by atoms with Crippen LogP contribution >= 0.6 is 0 Å². The van der Waals surface area contributed by atoms with Gasteiger partial charge < -0.3 is 4.74 Å². The van der Waals surface area contributed by atoms with E-state index in [0.29, 0.717) is 13.0 Å². The van der Waals surface area contributed by atoms with Gasteiger partial charge in [-0.25, -0.2) is 0 Å². The molecule has 0 aliphatic rings. The first-order valence-electron chi connectivity index (χ1n) is 10.6. The van der Waals surface area contributed by atoms with E-state index < -0.39 is 0 Å². The summed E-state index contributed by atoms with van der Waals surface area (Å²) in [5, 5.41) is 0. The van der Waals surface area contributed by atoms with Crippen molar-refractivity contribution >= 4 is 35.5 Å². The molecule has 3 heteroatoms. The topological polar surface area (TPSA) is 26.3 Å². The molecule has 25 heavy (non-hydrogen) atoms. The fourth-order valence-corrected chi connectivity index (χ4v) is 2.74. The molecule has 0 unspecified atom stereocenters. The van der Waals surface area contributed by atoms with Crippen LogP contribution in [0.3, 0.4) is 0 Å². The van der Waals surface area contributed by atoms with Crippen LogP contribution in [0.5, 0.6) is 0 Å². The van der Waals surface area contributed by atoms with Crippen molar-refractivity contribution < 1.29 is 9.53 Å². The molecule has 0 radical (unpaired) electrons. The van der Waals surface area contributed by atoms with Gasteiger partial charge in [0.25, 0.3) is 0 Å². The predicted molar refractivity (Wildman–Crippen MR) is 112 cm³/mol. The van der Waals surface area contributed by atoms with Crippen molar-refractivity contribution in [3.63, 3.8) is 0 Å². The number of rotatable bonds is 18. The Morgan fingerprint density at radius 1 is 0.680 bits per heavy atom. The predicted octanol–water partition coefficient (Wildman–Crippen LogP) is 6.72. The Hall–Kier alpha value is 0.210. The summed E-state index contributed by atoms with van der Waals surface area (Å²) in [6, 6.07) is 0. The molecule has 144 valence electrons. The van der Waals surface area contributed by atoms with Crippen molar-refractivity contribution in [2.24, 2.45) is 0 Å². The first-order chi connectivity index (χ1) is 11.8. The molecule has 0 amide bonds. The third-order valence-corrected chi connectivity index (χ3v) is 4.40. The second-order valence-electron chi connectivity index (χ2n) is 6.91. The number of ether oxygens (including phenoxy) is 1. The van der Waals surface area contributed by atoms with Crippen molar-refractivity contribution in [3.8, 4) is 0 Å². The summed E-state index contributed by atoms with van der Waals surface area (Å²) in [6.07, 6.45) is 24.1. The van der Waals surface area contributed by atoms with E-state index in [-0.39, 0.29) is 35.5 Å². The summed E-state index contributed by atoms with van der Waals surface area (Å²) in [5.41, 5.74) is 0. The summed E-state index contributed by atoms with van der Waals surface area (Å²) in [6.45, 7) is 4.98. The first kappa shape index (κ1) is 27.4. The van der Waals surface area contributed by atoms with Gasteiger partial charge in [-0.15, -0.1) is 0 Å². The number of hydrogen-bond donors (Lipinski definition) is 0. The monoisotopic (exact) mass is 362 g/mol. The van der Waals surface area contributed by atoms with Gasteiger partial charge >= 0.3 is 35.5 Å². The van der Waals surface area contributed by atoms with Crippen LogP contribution in [0.15, 0.2) is 12.2 Å². The second-order valence-corrected chi connectivity index (χ2v) is 6.91. The van der Waals surface area contributed by atoms with Crippen molar-refractivity contribution in [2.45, 2.75) is 117 Å². The molecule has 0 rings (SSSR count). The number of carbonyl (C=O) groups is 1. The molecule has 0 fully saturated rings. The third kappa shape index (κ3) is 24.2. The molecular formula is C22H43NaO2. The molecule has 0 saturated heterocycles. The van der Waals surface area contributed by atoms with Gasteiger partial charge in [0.15, 0.2) is 0 Å². The Kier molecular flexibility index (Phi) is 26.6. The Morgan fingerprint density at radius 2 is 1.16 bits per heavy atom. The molecule has 0 bridgehead atoms. The van der Waals surface area contributed by atoms with E-state index in [2.05, 4.69) is 26.0 Å². The molecule has 0 spiro atoms. The van der Waals surface area contributed by atoms with E-state index >= 15 is 0 Å². The Balaban J connectivity index is 0. The van der Waals surface area contributed by atoms with E-state index in [1.807, 2.05) is 0 Å². The van der Waals surface area contributed by atoms with Crippen LogP contribution in [-0.2, 0) is 9.53 Å². The maximum atomic E-state index is 11.4. The molecule has 0 atom stereocenters. The fourth-order valence-electron chi connectivity index (χ4n) is 2.74. The SMILES string of the molecule is CCCCCCCC/C=C\CCCCCCCC(=O)OCCCC.[NaH]. The van der Waals surface area contributed by atoms with Gasteiger partial charge in [-0.05, 0) is 38.5 Å². The van der Waals surface area contributed by atoms with Crippen molar-refractivity contribution in [1.29, 1.82) is 0 Å². The minimum absolute atomic E-state index is 0. The number of unbranched alkanes of at least 4 members (excludes halogenated alkanes) is 12. The number of allylic oxidation sites excluding steroid dienone is 2. The fraction of sp³-hybridized carbons (Fsp3) is 0.864. The van der Waals surface area contributed by atoms with Gasteiger partial charge in [0.05, 0.1) is 6.61 Å². The zero-order chi connectivity index (χ0) is 17.7. The Morgan fingerprint density at radius 3 is 1.72 bits per heavy atom. The van der Waals surface area contributed by atoms with E-state index in [1.165, 1.54) is 70.6 Å². The summed E-state index contributed by atoms with van der Waals surface area (Å²) in [7, 11) is 0. The van der Waals surface area contributed by atoms with E-state index in [9.17, 15) is 4.79 Å². The van der Waals surface area contributed by atoms with Crippen molar-refractivity contribution in [1.82, 2.24) is 0 Å². The van der Waals surface area contributed by atoms with E-state index in [0.717, 1.165) is 25.7 Å². The van der Waals surface area contributed by atoms with Gasteiger partial charge in [0, 0.05) is 6.42 Å². The average Bonchev–Trinajstić information content (AvgIpc) is 2.58. The first-order valence-corrected chi connectivity index (χ1v) is 10.6. The van der Waals surface area contributed by atoms with Crippen LogP contribution in [0.4, 0.5) is 0 Å². The van der Waals surface area contributed by atoms with Gasteiger partial charge in [-0.1, -0.05) is 83.8 Å². The molecule has 0 aromatic rings. The van der Waals surface area contributed by atoms with Crippen LogP contribution in [-0.4, -0.2) is 42.1 Å². The Bertz CT molecular complexity index is 290. The maximum absolute atomic E-state index is 11.4. The van der Waals surface area contributed by atoms with Crippen molar-refractivity contribution in [3.05, 3.63) is 12.2 Å². The summed E-state index contributed by atoms with van der Waals surface area (Å²) in [5.74, 6) is -0.0129. The standard InChI is InChI=1S/C22H42O2.Na.H/c1-3-5-7-8-9-10-11-12-13-14-15-16-17-18-19-20-22(23)24-21-6-4-2;;/h12-13H,3-11,14-21H2,1-2H3;;/b13-12-;;. The van der Waals surface area contributed by atoms with Gasteiger partial charge in [0.2, 0.25) is 0 Å². The number of carbonyl (C=O) groups excluding carboxylic acids is 1. The molecule has 0 aliphatic carbocycles. The van der Waals surface area contributed by atoms with Crippen LogP contribution in [0.2, 0.25) is 0 Å². The van der Waals surface area contributed by atoms with E-state index in [1.54, 1.807) is 0 Å². The molecule has 2 nitrogen and oxygen atoms in total. The quantitative estimate of drug-likeness (QED) is 0.117. The third-order valence-electron chi connectivity index (χ3n) is 4.40. The van der Waals surface area contributed by atoms with Crippen molar-refractivity contribution in [2.75, 3.05) is 6.61 Å². The van der Waals surface area contributed by atoms with Crippen LogP contribution < -0.4 is 0 Å². The van der Waals surface area contributed by atoms with Gasteiger partial charge in [-0.3, -0.25) is 4.79 Å². The molecule has 0 aliphatic heterocycles. The van der Waals surface area contributed by atoms with Crippen LogP contribution in [0.25, 0.3) is 0 Å². The van der Waals surface area contributed by atoms with Gasteiger partial charge in [-0.2, -0.15) is 0 Å². The second kappa shape index (κ2) is 24.2. The zero-order valence-corrected chi connectivity index (χ0v) is 16.5. The molecule has 0 aromatic heterocycles. The number of esters is 1. The molecule has 0 N–H and O–H groups in total. The van der Waals surface area contributed by atoms with E-state index in [4.69, 9.17) is 4.74 Å². The molecule has 0 heterocycles. The molecular weight excluding hydrogens is 319 g/mol. The van der Waals surface area contributed by atoms with Gasteiger partial charge in [0.1, 0.15) is 0 Å². The molecule has 0 saturated carbocycles. The zero-order valence-electron chi connectivity index (χ0n) is 16.5. The summed E-state index contributed by atoms with van der Waals surface area (Å²) in [4.78, 5) is 11.4. The summed E-state index contributed by atoms with van der Waals surface area (Å²) >= 11 is 0. The normalized spacial score (nSPS) is 10.8. The van der Waals surface area contributed by atoms with Crippen LogP contribution in [0, 0.1) is 0 Å². The molecule has 0 aromatic carbocycles. The minimum atomic E-state index is -0.0129. The van der Waals surface area contributed by atoms with Crippen LogP contribution in [0.1, 0.15) is 117 Å². The summed E-state index contributed by atoms with van der Waals surface area (Å²) < 4.78 is 5.15. The average molecular weight is 363 g/mol. The Labute approximate surface area is 179 Å². The number of hydrogen-bond acceptors (Lipinski definition) is 2.